The van der Waals surface area contributed by atoms with Crippen LogP contribution in [0, 0.1) is 13.8 Å². The van der Waals surface area contributed by atoms with E-state index in [1.807, 2.05) is 0 Å². The second kappa shape index (κ2) is 6.76. The van der Waals surface area contributed by atoms with E-state index in [4.69, 9.17) is 0 Å². The summed E-state index contributed by atoms with van der Waals surface area (Å²) in [7, 11) is 2.26. The average Bonchev–Trinajstić information content (AvgIpc) is 2.34. The molecule has 0 saturated carbocycles. The third-order valence-electron chi connectivity index (χ3n) is 4.13. The Morgan fingerprint density at radius 1 is 1.32 bits per heavy atom. The predicted molar refractivity (Wildman–Crippen MR) is 87.0 cm³/mol. The van der Waals surface area contributed by atoms with E-state index < -0.39 is 0 Å². The van der Waals surface area contributed by atoms with Crippen LogP contribution in [0.25, 0.3) is 0 Å². The van der Waals surface area contributed by atoms with Crippen molar-refractivity contribution in [2.75, 3.05) is 25.5 Å². The normalized spacial score (nSPS) is 20.5. The van der Waals surface area contributed by atoms with Gasteiger partial charge in [-0.25, -0.2) is 0 Å². The van der Waals surface area contributed by atoms with Crippen molar-refractivity contribution in [1.82, 2.24) is 4.90 Å². The maximum absolute atomic E-state index is 3.66. The zero-order chi connectivity index (χ0) is 13.8. The van der Waals surface area contributed by atoms with Gasteiger partial charge in [0.1, 0.15) is 0 Å². The third-order valence-corrected chi connectivity index (χ3v) is 4.76. The quantitative estimate of drug-likeness (QED) is 0.885. The lowest BCUT2D eigenvalue weighted by atomic mass is 10.00. The van der Waals surface area contributed by atoms with Crippen LogP contribution in [0.15, 0.2) is 16.6 Å². The van der Waals surface area contributed by atoms with Gasteiger partial charge in [0.15, 0.2) is 0 Å². The lowest BCUT2D eigenvalue weighted by Crippen LogP contribution is -2.37. The van der Waals surface area contributed by atoms with E-state index in [1.165, 1.54) is 53.5 Å². The zero-order valence-electron chi connectivity index (χ0n) is 12.3. The van der Waals surface area contributed by atoms with Crippen molar-refractivity contribution in [2.45, 2.75) is 45.6 Å². The Balaban J connectivity index is 1.89. The van der Waals surface area contributed by atoms with E-state index >= 15 is 0 Å². The molecule has 19 heavy (non-hydrogen) atoms. The van der Waals surface area contributed by atoms with Crippen LogP contribution in [-0.4, -0.2) is 31.1 Å². The van der Waals surface area contributed by atoms with Gasteiger partial charge in [-0.3, -0.25) is 0 Å². The third kappa shape index (κ3) is 3.96. The minimum absolute atomic E-state index is 0.755. The van der Waals surface area contributed by atoms with Crippen molar-refractivity contribution in [3.63, 3.8) is 0 Å². The predicted octanol–water partition coefficient (Wildman–Crippen LogP) is 4.35. The Morgan fingerprint density at radius 3 is 2.79 bits per heavy atom. The fraction of sp³-hybridized carbons (Fsp3) is 0.625. The number of hydrogen-bond acceptors (Lipinski definition) is 2. The van der Waals surface area contributed by atoms with Crippen LogP contribution in [0.5, 0.6) is 0 Å². The number of likely N-dealkylation sites (tertiary alicyclic amines) is 1. The Hall–Kier alpha value is -0.540. The molecule has 0 spiro atoms. The van der Waals surface area contributed by atoms with Crippen molar-refractivity contribution < 1.29 is 0 Å². The first kappa shape index (κ1) is 14.9. The number of nitrogens with zero attached hydrogens (tertiary/aromatic N) is 1. The molecule has 0 radical (unpaired) electrons. The van der Waals surface area contributed by atoms with E-state index in [9.17, 15) is 0 Å². The van der Waals surface area contributed by atoms with Crippen LogP contribution in [0.2, 0.25) is 0 Å². The number of halogens is 1. The smallest absolute Gasteiger partial charge is 0.0514 e. The monoisotopic (exact) mass is 324 g/mol. The summed E-state index contributed by atoms with van der Waals surface area (Å²) in [5, 5.41) is 3.60. The molecule has 1 aromatic rings. The van der Waals surface area contributed by atoms with Gasteiger partial charge in [0, 0.05) is 17.1 Å². The first-order chi connectivity index (χ1) is 9.08. The molecule has 3 heteroatoms. The molecular weight excluding hydrogens is 300 g/mol. The van der Waals surface area contributed by atoms with Crippen molar-refractivity contribution in [2.24, 2.45) is 0 Å². The molecule has 1 aliphatic rings. The van der Waals surface area contributed by atoms with Crippen LogP contribution in [0.4, 0.5) is 5.69 Å². The second-order valence-electron chi connectivity index (χ2n) is 5.78. The molecule has 1 N–H and O–H groups in total. The van der Waals surface area contributed by atoms with E-state index in [1.54, 1.807) is 0 Å². The van der Waals surface area contributed by atoms with E-state index in [-0.39, 0.29) is 0 Å². The van der Waals surface area contributed by atoms with E-state index in [2.05, 4.69) is 59.2 Å². The standard InChI is InChI=1S/C16H25BrN2/c1-12-10-13(2)16(15(17)11-12)18-8-7-14-6-4-5-9-19(14)3/h10-11,14,18H,4-9H2,1-3H3. The number of aryl methyl sites for hydroxylation is 2. The average molecular weight is 325 g/mol. The number of nitrogens with one attached hydrogen (secondary N) is 1. The number of piperidine rings is 1. The van der Waals surface area contributed by atoms with Crippen LogP contribution in [0.3, 0.4) is 0 Å². The van der Waals surface area contributed by atoms with Gasteiger partial charge < -0.3 is 10.2 Å². The number of benzene rings is 1. The van der Waals surface area contributed by atoms with Crippen molar-refractivity contribution in [3.05, 3.63) is 27.7 Å². The fourth-order valence-corrected chi connectivity index (χ4v) is 3.83. The maximum atomic E-state index is 3.66. The fourth-order valence-electron chi connectivity index (χ4n) is 3.01. The Morgan fingerprint density at radius 2 is 2.11 bits per heavy atom. The molecule has 1 aromatic carbocycles. The maximum Gasteiger partial charge on any atom is 0.0514 e. The van der Waals surface area contributed by atoms with E-state index in [0.717, 1.165) is 12.6 Å². The molecule has 1 aliphatic heterocycles. The first-order valence-electron chi connectivity index (χ1n) is 7.29. The van der Waals surface area contributed by atoms with Gasteiger partial charge in [-0.2, -0.15) is 0 Å². The molecule has 1 fully saturated rings. The summed E-state index contributed by atoms with van der Waals surface area (Å²) in [5.74, 6) is 0. The molecule has 2 nitrogen and oxygen atoms in total. The van der Waals surface area contributed by atoms with Gasteiger partial charge in [-0.1, -0.05) is 12.5 Å². The summed E-state index contributed by atoms with van der Waals surface area (Å²) in [4.78, 5) is 2.52. The highest BCUT2D eigenvalue weighted by molar-refractivity contribution is 9.10. The summed E-state index contributed by atoms with van der Waals surface area (Å²) in [5.41, 5.74) is 3.88. The molecule has 1 unspecified atom stereocenters. The lowest BCUT2D eigenvalue weighted by molar-refractivity contribution is 0.179. The van der Waals surface area contributed by atoms with Gasteiger partial charge >= 0.3 is 0 Å². The summed E-state index contributed by atoms with van der Waals surface area (Å²) >= 11 is 3.66. The molecular formula is C16H25BrN2. The van der Waals surface area contributed by atoms with Crippen LogP contribution >= 0.6 is 15.9 Å². The van der Waals surface area contributed by atoms with Gasteiger partial charge in [-0.15, -0.1) is 0 Å². The summed E-state index contributed by atoms with van der Waals surface area (Å²) in [6.07, 6.45) is 5.34. The minimum Gasteiger partial charge on any atom is -0.384 e. The van der Waals surface area contributed by atoms with Gasteiger partial charge in [0.25, 0.3) is 0 Å². The van der Waals surface area contributed by atoms with Crippen LogP contribution in [0.1, 0.15) is 36.8 Å². The van der Waals surface area contributed by atoms with Crippen molar-refractivity contribution in [3.8, 4) is 0 Å². The highest BCUT2D eigenvalue weighted by atomic mass is 79.9. The lowest BCUT2D eigenvalue weighted by Gasteiger charge is -2.32. The highest BCUT2D eigenvalue weighted by Gasteiger charge is 2.18. The first-order valence-corrected chi connectivity index (χ1v) is 8.08. The minimum atomic E-state index is 0.755. The molecule has 1 atom stereocenters. The zero-order valence-corrected chi connectivity index (χ0v) is 13.9. The van der Waals surface area contributed by atoms with Crippen LogP contribution < -0.4 is 5.32 Å². The molecule has 1 heterocycles. The molecule has 0 bridgehead atoms. The van der Waals surface area contributed by atoms with Crippen LogP contribution in [-0.2, 0) is 0 Å². The largest absolute Gasteiger partial charge is 0.384 e. The Labute approximate surface area is 125 Å². The Bertz CT molecular complexity index is 408. The topological polar surface area (TPSA) is 15.3 Å². The summed E-state index contributed by atoms with van der Waals surface area (Å²) in [6, 6.07) is 5.17. The Kier molecular flexibility index (Phi) is 5.28. The molecule has 2 rings (SSSR count). The number of anilines is 1. The molecule has 0 aromatic heterocycles. The van der Waals surface area contributed by atoms with Crippen molar-refractivity contribution in [1.29, 1.82) is 0 Å². The highest BCUT2D eigenvalue weighted by Crippen LogP contribution is 2.28. The van der Waals surface area contributed by atoms with Gasteiger partial charge in [0.05, 0.1) is 5.69 Å². The molecule has 0 aliphatic carbocycles. The molecule has 106 valence electrons. The number of hydrogen-bond donors (Lipinski definition) is 1. The molecule has 1 saturated heterocycles. The van der Waals surface area contributed by atoms with Gasteiger partial charge in [0.2, 0.25) is 0 Å². The summed E-state index contributed by atoms with van der Waals surface area (Å²) in [6.45, 7) is 6.63. The van der Waals surface area contributed by atoms with E-state index in [0.29, 0.717) is 0 Å². The van der Waals surface area contributed by atoms with Gasteiger partial charge in [-0.05, 0) is 79.8 Å². The SMILES string of the molecule is Cc1cc(C)c(NCCC2CCCCN2C)c(Br)c1. The molecule has 0 amide bonds. The second-order valence-corrected chi connectivity index (χ2v) is 6.64. The van der Waals surface area contributed by atoms with Crippen molar-refractivity contribution >= 4 is 21.6 Å². The summed E-state index contributed by atoms with van der Waals surface area (Å²) < 4.78 is 1.18. The number of rotatable bonds is 4.